The predicted molar refractivity (Wildman–Crippen MR) is 187 cm³/mol. The lowest BCUT2D eigenvalue weighted by Crippen LogP contribution is -2.10. The molecule has 0 saturated heterocycles. The van der Waals surface area contributed by atoms with Gasteiger partial charge in [0.1, 0.15) is 17.2 Å². The minimum atomic E-state index is -4.18. The Labute approximate surface area is 271 Å². The summed E-state index contributed by atoms with van der Waals surface area (Å²) in [7, 11) is -4.18. The van der Waals surface area contributed by atoms with Crippen molar-refractivity contribution in [3.8, 4) is 17.2 Å². The second-order valence-electron chi connectivity index (χ2n) is 11.3. The summed E-state index contributed by atoms with van der Waals surface area (Å²) < 4.78 is 33.1. The Kier molecular flexibility index (Phi) is 16.6. The molecule has 0 atom stereocenters. The Hall–Kier alpha value is -2.01. The Morgan fingerprint density at radius 2 is 0.907 bits per heavy atom. The highest BCUT2D eigenvalue weighted by Crippen LogP contribution is 2.52. The second kappa shape index (κ2) is 20.1. The number of aryl methyl sites for hydroxylation is 2. The molecule has 0 aromatic heterocycles. The Balaban J connectivity index is 1.76. The van der Waals surface area contributed by atoms with Crippen LogP contribution in [0.25, 0.3) is 0 Å². The molecular formula is C36H51O4PS2. The van der Waals surface area contributed by atoms with E-state index in [0.29, 0.717) is 27.0 Å². The van der Waals surface area contributed by atoms with Crippen LogP contribution >= 0.6 is 33.1 Å². The van der Waals surface area contributed by atoms with Crippen LogP contribution in [0.4, 0.5) is 0 Å². The van der Waals surface area contributed by atoms with Gasteiger partial charge in [0.05, 0.1) is 4.90 Å². The molecule has 3 aromatic carbocycles. The van der Waals surface area contributed by atoms with Crippen LogP contribution in [0.5, 0.6) is 17.2 Å². The lowest BCUT2D eigenvalue weighted by atomic mass is 10.0. The Morgan fingerprint density at radius 3 is 1.40 bits per heavy atom. The molecule has 0 aliphatic rings. The van der Waals surface area contributed by atoms with Crippen molar-refractivity contribution in [2.45, 2.75) is 126 Å². The minimum Gasteiger partial charge on any atom is -0.386 e. The molecule has 0 unspecified atom stereocenters. The fourth-order valence-electron chi connectivity index (χ4n) is 5.15. The monoisotopic (exact) mass is 642 g/mol. The maximum absolute atomic E-state index is 14.5. The summed E-state index contributed by atoms with van der Waals surface area (Å²) in [4.78, 5) is 1.09. The highest BCUT2D eigenvalue weighted by molar-refractivity contribution is 7.83. The number of rotatable bonds is 22. The normalized spacial score (nSPS) is 11.4. The molecule has 0 saturated carbocycles. The largest absolute Gasteiger partial charge is 0.647 e. The number of hydrogen-bond donors (Lipinski definition) is 2. The lowest BCUT2D eigenvalue weighted by Gasteiger charge is -2.23. The van der Waals surface area contributed by atoms with Crippen LogP contribution < -0.4 is 13.6 Å². The first kappa shape index (κ1) is 35.5. The van der Waals surface area contributed by atoms with Crippen LogP contribution in [-0.2, 0) is 17.4 Å². The van der Waals surface area contributed by atoms with Crippen molar-refractivity contribution in [1.82, 2.24) is 0 Å². The highest BCUT2D eigenvalue weighted by Gasteiger charge is 2.35. The van der Waals surface area contributed by atoms with E-state index in [-0.39, 0.29) is 0 Å². The zero-order valence-corrected chi connectivity index (χ0v) is 28.8. The van der Waals surface area contributed by atoms with E-state index >= 15 is 0 Å². The van der Waals surface area contributed by atoms with Gasteiger partial charge in [-0.05, 0) is 61.1 Å². The van der Waals surface area contributed by atoms with Crippen molar-refractivity contribution in [2.75, 3.05) is 0 Å². The number of thiol groups is 2. The van der Waals surface area contributed by atoms with Crippen LogP contribution in [0.3, 0.4) is 0 Å². The van der Waals surface area contributed by atoms with Crippen molar-refractivity contribution in [2.24, 2.45) is 0 Å². The van der Waals surface area contributed by atoms with Gasteiger partial charge in [0.2, 0.25) is 0 Å². The molecule has 0 aliphatic carbocycles. The van der Waals surface area contributed by atoms with Crippen molar-refractivity contribution in [3.63, 3.8) is 0 Å². The van der Waals surface area contributed by atoms with Gasteiger partial charge >= 0.3 is 7.82 Å². The molecule has 4 nitrogen and oxygen atoms in total. The molecule has 0 fully saturated rings. The molecular weight excluding hydrogens is 592 g/mol. The zero-order valence-electron chi connectivity index (χ0n) is 26.1. The van der Waals surface area contributed by atoms with E-state index in [4.69, 9.17) is 13.6 Å². The van der Waals surface area contributed by atoms with E-state index in [1.165, 1.54) is 64.2 Å². The van der Waals surface area contributed by atoms with E-state index in [1.807, 2.05) is 48.5 Å². The first-order valence-electron chi connectivity index (χ1n) is 16.3. The zero-order chi connectivity index (χ0) is 30.8. The number of phosphoric acid groups is 1. The molecule has 0 aliphatic heterocycles. The van der Waals surface area contributed by atoms with Gasteiger partial charge in [0, 0.05) is 4.90 Å². The van der Waals surface area contributed by atoms with Gasteiger partial charge in [0.15, 0.2) is 0 Å². The van der Waals surface area contributed by atoms with Crippen molar-refractivity contribution >= 4 is 33.1 Å². The third-order valence-corrected chi connectivity index (χ3v) is 9.92. The number of para-hydroxylation sites is 2. The second-order valence-corrected chi connectivity index (χ2v) is 13.7. The van der Waals surface area contributed by atoms with Gasteiger partial charge in [-0.2, -0.15) is 4.57 Å². The summed E-state index contributed by atoms with van der Waals surface area (Å²) in [5, 5.41) is 0. The maximum atomic E-state index is 14.5. The van der Waals surface area contributed by atoms with E-state index < -0.39 is 7.82 Å². The summed E-state index contributed by atoms with van der Waals surface area (Å²) in [5.74, 6) is 1.33. The number of phosphoric ester groups is 1. The summed E-state index contributed by atoms with van der Waals surface area (Å²) in [6, 6.07) is 20.8. The topological polar surface area (TPSA) is 44.8 Å². The lowest BCUT2D eigenvalue weighted by molar-refractivity contribution is 0.293. The molecule has 0 heterocycles. The number of hydrogen-bond acceptors (Lipinski definition) is 6. The fraction of sp³-hybridized carbons (Fsp3) is 0.500. The summed E-state index contributed by atoms with van der Waals surface area (Å²) in [5.41, 5.74) is 1.99. The Bertz CT molecular complexity index is 1200. The maximum Gasteiger partial charge on any atom is 0.647 e. The third kappa shape index (κ3) is 12.9. The molecule has 0 N–H and O–H groups in total. The molecule has 0 spiro atoms. The number of benzene rings is 3. The summed E-state index contributed by atoms with van der Waals surface area (Å²) >= 11 is 9.03. The fourth-order valence-corrected chi connectivity index (χ4v) is 6.95. The van der Waals surface area contributed by atoms with Crippen LogP contribution in [0.1, 0.15) is 115 Å². The first-order chi connectivity index (χ1) is 21.0. The molecule has 236 valence electrons. The van der Waals surface area contributed by atoms with Crippen LogP contribution in [0, 0.1) is 0 Å². The third-order valence-electron chi connectivity index (χ3n) is 7.65. The smallest absolute Gasteiger partial charge is 0.386 e. The summed E-state index contributed by atoms with van der Waals surface area (Å²) in [6.07, 6.45) is 18.8. The van der Waals surface area contributed by atoms with Gasteiger partial charge in [-0.3, -0.25) is 0 Å². The molecule has 0 amide bonds. The average Bonchev–Trinajstić information content (AvgIpc) is 3.00. The van der Waals surface area contributed by atoms with Gasteiger partial charge in [0.25, 0.3) is 0 Å². The average molecular weight is 643 g/mol. The van der Waals surface area contributed by atoms with Gasteiger partial charge in [-0.1, -0.05) is 133 Å². The van der Waals surface area contributed by atoms with E-state index in [1.54, 1.807) is 18.2 Å². The molecule has 3 rings (SSSR count). The highest BCUT2D eigenvalue weighted by atomic mass is 32.1. The van der Waals surface area contributed by atoms with Gasteiger partial charge < -0.3 is 13.6 Å². The van der Waals surface area contributed by atoms with Crippen LogP contribution in [-0.4, -0.2) is 0 Å². The van der Waals surface area contributed by atoms with Crippen molar-refractivity contribution in [3.05, 3.63) is 77.9 Å². The number of unbranched alkanes of at least 4 members (excludes halogenated alkanes) is 12. The van der Waals surface area contributed by atoms with Crippen LogP contribution in [0.2, 0.25) is 0 Å². The molecule has 43 heavy (non-hydrogen) atoms. The molecule has 0 bridgehead atoms. The Morgan fingerprint density at radius 1 is 0.512 bits per heavy atom. The minimum absolute atomic E-state index is 0.299. The molecule has 3 aromatic rings. The van der Waals surface area contributed by atoms with Gasteiger partial charge in [-0.15, -0.1) is 25.3 Å². The van der Waals surface area contributed by atoms with Crippen LogP contribution in [0.15, 0.2) is 76.5 Å². The predicted octanol–water partition coefficient (Wildman–Crippen LogP) is 12.5. The SMILES string of the molecule is CCCCCCCCCc1ccccc1OP(=O)(Oc1ccccc1CCCCCCCCC)Oc1cccc(S)c1S. The standard InChI is InChI=1S/C36H51O4PS2/c1-3-5-7-9-11-13-15-22-30-24-17-19-26-32(30)38-41(37,40-34-28-21-29-35(42)36(34)43)39-33-27-20-18-25-31(33)23-16-14-12-10-8-6-4-2/h17-21,24-29,42-43H,3-16,22-23H2,1-2H3. The molecule has 7 heteroatoms. The van der Waals surface area contributed by atoms with Crippen molar-refractivity contribution < 1.29 is 18.1 Å². The van der Waals surface area contributed by atoms with E-state index in [9.17, 15) is 4.57 Å². The van der Waals surface area contributed by atoms with E-state index in [2.05, 4.69) is 39.1 Å². The quantitative estimate of drug-likeness (QED) is 0.0650. The van der Waals surface area contributed by atoms with E-state index in [0.717, 1.165) is 49.7 Å². The summed E-state index contributed by atoms with van der Waals surface area (Å²) in [6.45, 7) is 4.48. The van der Waals surface area contributed by atoms with Gasteiger partial charge in [-0.25, -0.2) is 0 Å². The first-order valence-corrected chi connectivity index (χ1v) is 18.7. The van der Waals surface area contributed by atoms with Crippen molar-refractivity contribution in [1.29, 1.82) is 0 Å². The molecule has 0 radical (unpaired) electrons.